The van der Waals surface area contributed by atoms with Gasteiger partial charge in [0.05, 0.1) is 33.6 Å². The molecule has 1 N–H and O–H groups in total. The summed E-state index contributed by atoms with van der Waals surface area (Å²) in [4.78, 5) is 21.8. The first-order valence-corrected chi connectivity index (χ1v) is 10.2. The Kier molecular flexibility index (Phi) is 5.52. The fourth-order valence-electron chi connectivity index (χ4n) is 3.91. The van der Waals surface area contributed by atoms with Gasteiger partial charge in [0.25, 0.3) is 12.0 Å². The minimum Gasteiger partial charge on any atom is -0.363 e. The molecule has 0 aliphatic heterocycles. The Bertz CT molecular complexity index is 1270. The molecular formula is C23H22F4N4O. The maximum absolute atomic E-state index is 14.7. The molecule has 1 fully saturated rings. The SMILES string of the molecule is C=Cc1c(=O)n(C2(CF)CC2)cc2c(N[C@H](C)c3cccc(C(F)F)c3F)nc(C)nc12. The van der Waals surface area contributed by atoms with Crippen molar-refractivity contribution in [2.45, 2.75) is 44.7 Å². The minimum absolute atomic E-state index is 0.0481. The number of hydrogen-bond donors (Lipinski definition) is 1. The molecule has 1 aromatic carbocycles. The molecule has 0 saturated heterocycles. The van der Waals surface area contributed by atoms with Crippen molar-refractivity contribution >= 4 is 22.8 Å². The van der Waals surface area contributed by atoms with E-state index in [1.807, 2.05) is 0 Å². The van der Waals surface area contributed by atoms with Crippen molar-refractivity contribution in [2.24, 2.45) is 0 Å². The second-order valence-electron chi connectivity index (χ2n) is 8.08. The smallest absolute Gasteiger partial charge is 0.266 e. The Balaban J connectivity index is 1.86. The maximum atomic E-state index is 14.7. The molecule has 5 nitrogen and oxygen atoms in total. The van der Waals surface area contributed by atoms with Crippen LogP contribution in [0, 0.1) is 12.7 Å². The van der Waals surface area contributed by atoms with Gasteiger partial charge in [0, 0.05) is 11.8 Å². The van der Waals surface area contributed by atoms with Crippen molar-refractivity contribution in [3.63, 3.8) is 0 Å². The van der Waals surface area contributed by atoms with Crippen molar-refractivity contribution in [1.29, 1.82) is 0 Å². The Morgan fingerprint density at radius 1 is 1.28 bits per heavy atom. The standard InChI is InChI=1S/C23H22F4N4O/c1-4-14-19-17(10-31(22(14)32)23(11-24)8-9-23)21(30-13(3)29-19)28-12(2)15-6-5-7-16(18(15)25)20(26)27/h4-7,10,12,20H,1,8-9,11H2,2-3H3,(H,28,29,30)/t12-/m1/s1. The van der Waals surface area contributed by atoms with E-state index in [1.165, 1.54) is 29.0 Å². The van der Waals surface area contributed by atoms with Crippen LogP contribution >= 0.6 is 0 Å². The van der Waals surface area contributed by atoms with Gasteiger partial charge in [-0.15, -0.1) is 0 Å². The first kappa shape index (κ1) is 22.0. The van der Waals surface area contributed by atoms with Crippen LogP contribution in [-0.4, -0.2) is 21.2 Å². The van der Waals surface area contributed by atoms with E-state index in [0.717, 1.165) is 6.07 Å². The second kappa shape index (κ2) is 8.03. The summed E-state index contributed by atoms with van der Waals surface area (Å²) < 4.78 is 56.0. The zero-order valence-corrected chi connectivity index (χ0v) is 17.6. The number of anilines is 1. The first-order chi connectivity index (χ1) is 15.2. The summed E-state index contributed by atoms with van der Waals surface area (Å²) in [7, 11) is 0. The van der Waals surface area contributed by atoms with E-state index < -0.39 is 41.6 Å². The number of nitrogens with one attached hydrogen (secondary N) is 1. The first-order valence-electron chi connectivity index (χ1n) is 10.2. The number of halogens is 4. The van der Waals surface area contributed by atoms with Gasteiger partial charge in [0.2, 0.25) is 0 Å². The summed E-state index contributed by atoms with van der Waals surface area (Å²) in [5.74, 6) is -0.357. The van der Waals surface area contributed by atoms with Crippen molar-refractivity contribution in [3.05, 3.63) is 69.7 Å². The van der Waals surface area contributed by atoms with Gasteiger partial charge < -0.3 is 9.88 Å². The highest BCUT2D eigenvalue weighted by molar-refractivity contribution is 5.93. The molecule has 0 spiro atoms. The molecule has 9 heteroatoms. The number of alkyl halides is 3. The highest BCUT2D eigenvalue weighted by atomic mass is 19.3. The third-order valence-corrected chi connectivity index (χ3v) is 5.92. The van der Waals surface area contributed by atoms with Crippen LogP contribution in [0.3, 0.4) is 0 Å². The average Bonchev–Trinajstić information content (AvgIpc) is 3.54. The molecule has 0 radical (unpaired) electrons. The number of aromatic nitrogens is 3. The molecule has 2 heterocycles. The molecule has 2 aromatic heterocycles. The van der Waals surface area contributed by atoms with Crippen LogP contribution in [0.25, 0.3) is 17.0 Å². The fraction of sp³-hybridized carbons (Fsp3) is 0.348. The molecule has 1 aliphatic carbocycles. The summed E-state index contributed by atoms with van der Waals surface area (Å²) in [6, 6.07) is 3.10. The van der Waals surface area contributed by atoms with Gasteiger partial charge >= 0.3 is 0 Å². The molecule has 1 aliphatic rings. The van der Waals surface area contributed by atoms with E-state index >= 15 is 0 Å². The lowest BCUT2D eigenvalue weighted by Gasteiger charge is -2.21. The number of benzene rings is 1. The van der Waals surface area contributed by atoms with Crippen LogP contribution in [-0.2, 0) is 5.54 Å². The van der Waals surface area contributed by atoms with Crippen LogP contribution in [0.4, 0.5) is 23.4 Å². The lowest BCUT2D eigenvalue weighted by molar-refractivity contribution is 0.146. The van der Waals surface area contributed by atoms with Gasteiger partial charge in [-0.25, -0.2) is 27.5 Å². The Labute approximate surface area is 181 Å². The van der Waals surface area contributed by atoms with Gasteiger partial charge in [0.15, 0.2) is 0 Å². The normalized spacial score (nSPS) is 15.7. The highest BCUT2D eigenvalue weighted by Gasteiger charge is 2.46. The van der Waals surface area contributed by atoms with Gasteiger partial charge in [-0.2, -0.15) is 0 Å². The number of rotatable bonds is 7. The number of pyridine rings is 1. The Morgan fingerprint density at radius 2 is 1.97 bits per heavy atom. The van der Waals surface area contributed by atoms with Crippen molar-refractivity contribution in [1.82, 2.24) is 14.5 Å². The lowest BCUT2D eigenvalue weighted by Crippen LogP contribution is -2.33. The average molecular weight is 446 g/mol. The largest absolute Gasteiger partial charge is 0.363 e. The molecule has 3 aromatic rings. The van der Waals surface area contributed by atoms with Crippen molar-refractivity contribution in [2.75, 3.05) is 12.0 Å². The number of nitrogens with zero attached hydrogens (tertiary/aromatic N) is 3. The van der Waals surface area contributed by atoms with E-state index in [4.69, 9.17) is 0 Å². The van der Waals surface area contributed by atoms with E-state index in [9.17, 15) is 22.4 Å². The highest BCUT2D eigenvalue weighted by Crippen LogP contribution is 2.43. The van der Waals surface area contributed by atoms with E-state index in [1.54, 1.807) is 13.8 Å². The fourth-order valence-corrected chi connectivity index (χ4v) is 3.91. The number of fused-ring (bicyclic) bond motifs is 1. The lowest BCUT2D eigenvalue weighted by atomic mass is 10.0. The summed E-state index contributed by atoms with van der Waals surface area (Å²) in [5, 5.41) is 3.49. The minimum atomic E-state index is -2.94. The van der Waals surface area contributed by atoms with E-state index in [0.29, 0.717) is 29.6 Å². The molecular weight excluding hydrogens is 424 g/mol. The zero-order valence-electron chi connectivity index (χ0n) is 17.6. The maximum Gasteiger partial charge on any atom is 0.266 e. The Hall–Kier alpha value is -3.23. The van der Waals surface area contributed by atoms with Gasteiger partial charge in [-0.3, -0.25) is 4.79 Å². The molecule has 0 amide bonds. The molecule has 0 unspecified atom stereocenters. The molecule has 1 saturated carbocycles. The molecule has 168 valence electrons. The third-order valence-electron chi connectivity index (χ3n) is 5.92. The summed E-state index contributed by atoms with van der Waals surface area (Å²) in [6.45, 7) is 6.27. The number of aryl methyl sites for hydroxylation is 1. The predicted molar refractivity (Wildman–Crippen MR) is 115 cm³/mol. The monoisotopic (exact) mass is 446 g/mol. The van der Waals surface area contributed by atoms with Crippen LogP contribution < -0.4 is 10.9 Å². The van der Waals surface area contributed by atoms with Gasteiger partial charge in [0.1, 0.15) is 24.1 Å². The van der Waals surface area contributed by atoms with Gasteiger partial charge in [-0.1, -0.05) is 30.9 Å². The quantitative estimate of drug-likeness (QED) is 0.490. The molecule has 1 atom stereocenters. The van der Waals surface area contributed by atoms with Crippen LogP contribution in [0.5, 0.6) is 0 Å². The number of hydrogen-bond acceptors (Lipinski definition) is 4. The topological polar surface area (TPSA) is 59.8 Å². The molecule has 4 rings (SSSR count). The van der Waals surface area contributed by atoms with Crippen LogP contribution in [0.1, 0.15) is 54.7 Å². The van der Waals surface area contributed by atoms with Crippen LogP contribution in [0.2, 0.25) is 0 Å². The Morgan fingerprint density at radius 3 is 2.56 bits per heavy atom. The molecule has 0 bridgehead atoms. The summed E-state index contributed by atoms with van der Waals surface area (Å²) in [6.07, 6.45) is 1.01. The summed E-state index contributed by atoms with van der Waals surface area (Å²) in [5.41, 5.74) is -1.37. The zero-order chi connectivity index (χ0) is 23.2. The predicted octanol–water partition coefficient (Wildman–Crippen LogP) is 5.45. The van der Waals surface area contributed by atoms with Gasteiger partial charge in [-0.05, 0) is 26.7 Å². The summed E-state index contributed by atoms with van der Waals surface area (Å²) >= 11 is 0. The van der Waals surface area contributed by atoms with E-state index in [-0.39, 0.29) is 16.9 Å². The third kappa shape index (κ3) is 3.55. The second-order valence-corrected chi connectivity index (χ2v) is 8.08. The van der Waals surface area contributed by atoms with Crippen molar-refractivity contribution < 1.29 is 17.6 Å². The molecule has 32 heavy (non-hydrogen) atoms. The van der Waals surface area contributed by atoms with Crippen LogP contribution in [0.15, 0.2) is 35.8 Å². The van der Waals surface area contributed by atoms with E-state index in [2.05, 4.69) is 21.9 Å². The van der Waals surface area contributed by atoms with Crippen molar-refractivity contribution in [3.8, 4) is 0 Å².